The lowest BCUT2D eigenvalue weighted by Gasteiger charge is -2.11. The first kappa shape index (κ1) is 18.3. The highest BCUT2D eigenvalue weighted by molar-refractivity contribution is 7.98. The van der Waals surface area contributed by atoms with Crippen molar-refractivity contribution in [3.05, 3.63) is 64.5 Å². The van der Waals surface area contributed by atoms with E-state index in [-0.39, 0.29) is 5.56 Å². The number of rotatable bonds is 4. The van der Waals surface area contributed by atoms with Gasteiger partial charge in [0.25, 0.3) is 5.56 Å². The number of H-pyrrole nitrogens is 1. The third kappa shape index (κ3) is 3.41. The largest absolute Gasteiger partial charge is 0.306 e. The molecule has 4 aromatic rings. The quantitative estimate of drug-likeness (QED) is 0.419. The average molecular weight is 389 g/mol. The van der Waals surface area contributed by atoms with Crippen LogP contribution in [0.5, 0.6) is 0 Å². The van der Waals surface area contributed by atoms with Crippen molar-refractivity contribution in [1.82, 2.24) is 24.9 Å². The van der Waals surface area contributed by atoms with Crippen molar-refractivity contribution in [2.24, 2.45) is 0 Å². The summed E-state index contributed by atoms with van der Waals surface area (Å²) >= 11 is 1.44. The predicted molar refractivity (Wildman–Crippen MR) is 113 cm³/mol. The molecule has 0 bridgehead atoms. The molecule has 0 atom stereocenters. The monoisotopic (exact) mass is 389 g/mol. The summed E-state index contributed by atoms with van der Waals surface area (Å²) in [6.45, 7) is 4.00. The molecule has 0 saturated heterocycles. The second-order valence-corrected chi connectivity index (χ2v) is 7.22. The van der Waals surface area contributed by atoms with Gasteiger partial charge < -0.3 is 4.98 Å². The standard InChI is InChI=1S/C21H19N5OS/c1-4-13-7-14(18-11-22-9-12(2)24-18)5-6-16(13)17-8-15-10-23-21(28-3)26-19(15)25-20(17)27/h5-11H,4H2,1-3H3,(H,23,25,26,27). The third-order valence-electron chi connectivity index (χ3n) is 4.58. The summed E-state index contributed by atoms with van der Waals surface area (Å²) in [5.74, 6) is 0. The fourth-order valence-electron chi connectivity index (χ4n) is 3.19. The van der Waals surface area contributed by atoms with Crippen LogP contribution in [0.25, 0.3) is 33.4 Å². The first-order chi connectivity index (χ1) is 13.6. The summed E-state index contributed by atoms with van der Waals surface area (Å²) in [5.41, 5.74) is 5.68. The first-order valence-electron chi connectivity index (χ1n) is 8.95. The Morgan fingerprint density at radius 3 is 2.68 bits per heavy atom. The van der Waals surface area contributed by atoms with Gasteiger partial charge in [0.15, 0.2) is 5.16 Å². The molecule has 3 aromatic heterocycles. The molecule has 1 N–H and O–H groups in total. The van der Waals surface area contributed by atoms with Crippen LogP contribution in [0.1, 0.15) is 18.2 Å². The Labute approximate surface area is 166 Å². The Morgan fingerprint density at radius 2 is 1.93 bits per heavy atom. The van der Waals surface area contributed by atoms with Gasteiger partial charge in [0.05, 0.1) is 17.6 Å². The second-order valence-electron chi connectivity index (χ2n) is 6.44. The van der Waals surface area contributed by atoms with Crippen LogP contribution < -0.4 is 5.56 Å². The molecular weight excluding hydrogens is 370 g/mol. The Hall–Kier alpha value is -3.06. The molecular formula is C21H19N5OS. The van der Waals surface area contributed by atoms with E-state index in [0.29, 0.717) is 16.4 Å². The van der Waals surface area contributed by atoms with E-state index >= 15 is 0 Å². The lowest BCUT2D eigenvalue weighted by atomic mass is 9.95. The van der Waals surface area contributed by atoms with Crippen molar-refractivity contribution in [1.29, 1.82) is 0 Å². The minimum atomic E-state index is -0.156. The van der Waals surface area contributed by atoms with E-state index in [1.54, 1.807) is 18.6 Å². The summed E-state index contributed by atoms with van der Waals surface area (Å²) in [7, 11) is 0. The fraction of sp³-hybridized carbons (Fsp3) is 0.190. The van der Waals surface area contributed by atoms with E-state index < -0.39 is 0 Å². The molecule has 140 valence electrons. The maximum absolute atomic E-state index is 12.8. The minimum Gasteiger partial charge on any atom is -0.306 e. The SMILES string of the molecule is CCc1cc(-c2cncc(C)n2)ccc1-c1cc2cnc(SC)nc2[nH]c1=O. The zero-order valence-corrected chi connectivity index (χ0v) is 16.7. The van der Waals surface area contributed by atoms with Gasteiger partial charge in [-0.25, -0.2) is 15.0 Å². The molecule has 0 radical (unpaired) electrons. The summed E-state index contributed by atoms with van der Waals surface area (Å²) in [6, 6.07) is 7.90. The number of hydrogen-bond acceptors (Lipinski definition) is 6. The van der Waals surface area contributed by atoms with Gasteiger partial charge in [-0.15, -0.1) is 0 Å². The molecule has 0 aliphatic rings. The molecule has 0 amide bonds. The van der Waals surface area contributed by atoms with Crippen LogP contribution in [0.2, 0.25) is 0 Å². The Balaban J connectivity index is 1.84. The zero-order chi connectivity index (χ0) is 19.7. The highest BCUT2D eigenvalue weighted by atomic mass is 32.2. The molecule has 0 saturated carbocycles. The van der Waals surface area contributed by atoms with Crippen LogP contribution >= 0.6 is 11.8 Å². The zero-order valence-electron chi connectivity index (χ0n) is 15.9. The highest BCUT2D eigenvalue weighted by Crippen LogP contribution is 2.28. The molecule has 3 heterocycles. The number of aromatic amines is 1. The second kappa shape index (κ2) is 7.52. The minimum absolute atomic E-state index is 0.156. The Kier molecular flexibility index (Phi) is 4.92. The van der Waals surface area contributed by atoms with Crippen molar-refractivity contribution in [3.63, 3.8) is 0 Å². The fourth-order valence-corrected chi connectivity index (χ4v) is 3.53. The topological polar surface area (TPSA) is 84.4 Å². The number of benzene rings is 1. The van der Waals surface area contributed by atoms with Crippen molar-refractivity contribution in [3.8, 4) is 22.4 Å². The number of hydrogen-bond donors (Lipinski definition) is 1. The predicted octanol–water partition coefficient (Wildman–Crippen LogP) is 4.03. The van der Waals surface area contributed by atoms with E-state index in [9.17, 15) is 4.79 Å². The lowest BCUT2D eigenvalue weighted by molar-refractivity contribution is 0.988. The van der Waals surface area contributed by atoms with E-state index in [0.717, 1.165) is 39.9 Å². The Morgan fingerprint density at radius 1 is 1.07 bits per heavy atom. The summed E-state index contributed by atoms with van der Waals surface area (Å²) in [4.78, 5) is 33.1. The molecule has 1 aromatic carbocycles. The lowest BCUT2D eigenvalue weighted by Crippen LogP contribution is -2.11. The molecule has 0 unspecified atom stereocenters. The van der Waals surface area contributed by atoms with Gasteiger partial charge in [0.2, 0.25) is 0 Å². The smallest absolute Gasteiger partial charge is 0.257 e. The number of thioether (sulfide) groups is 1. The highest BCUT2D eigenvalue weighted by Gasteiger charge is 2.13. The van der Waals surface area contributed by atoms with Crippen LogP contribution in [0.4, 0.5) is 0 Å². The number of nitrogens with one attached hydrogen (secondary N) is 1. The molecule has 0 aliphatic carbocycles. The van der Waals surface area contributed by atoms with Gasteiger partial charge in [0.1, 0.15) is 5.65 Å². The third-order valence-corrected chi connectivity index (χ3v) is 5.14. The number of aromatic nitrogens is 5. The van der Waals surface area contributed by atoms with E-state index in [4.69, 9.17) is 0 Å². The van der Waals surface area contributed by atoms with Crippen molar-refractivity contribution in [2.45, 2.75) is 25.4 Å². The van der Waals surface area contributed by atoms with Gasteiger partial charge in [-0.2, -0.15) is 0 Å². The molecule has 7 heteroatoms. The normalized spacial score (nSPS) is 11.1. The van der Waals surface area contributed by atoms with Crippen molar-refractivity contribution in [2.75, 3.05) is 6.26 Å². The number of pyridine rings is 1. The molecule has 28 heavy (non-hydrogen) atoms. The molecule has 4 rings (SSSR count). The van der Waals surface area contributed by atoms with E-state index in [1.165, 1.54) is 11.8 Å². The number of aryl methyl sites for hydroxylation is 2. The molecule has 0 spiro atoms. The average Bonchev–Trinajstić information content (AvgIpc) is 2.72. The van der Waals surface area contributed by atoms with Gasteiger partial charge >= 0.3 is 0 Å². The van der Waals surface area contributed by atoms with Crippen LogP contribution in [-0.2, 0) is 6.42 Å². The van der Waals surface area contributed by atoms with Gasteiger partial charge in [-0.1, -0.05) is 30.8 Å². The summed E-state index contributed by atoms with van der Waals surface area (Å²) in [6.07, 6.45) is 7.93. The van der Waals surface area contributed by atoms with Crippen molar-refractivity contribution < 1.29 is 0 Å². The molecule has 0 aliphatic heterocycles. The molecule has 0 fully saturated rings. The number of nitrogens with zero attached hydrogens (tertiary/aromatic N) is 4. The maximum Gasteiger partial charge on any atom is 0.257 e. The summed E-state index contributed by atoms with van der Waals surface area (Å²) < 4.78 is 0. The van der Waals surface area contributed by atoms with Crippen LogP contribution in [0.3, 0.4) is 0 Å². The first-order valence-corrected chi connectivity index (χ1v) is 10.2. The Bertz CT molecular complexity index is 1240. The van der Waals surface area contributed by atoms with E-state index in [1.807, 2.05) is 31.4 Å². The van der Waals surface area contributed by atoms with Crippen LogP contribution in [-0.4, -0.2) is 31.2 Å². The van der Waals surface area contributed by atoms with Crippen LogP contribution in [0.15, 0.2) is 52.8 Å². The van der Waals surface area contributed by atoms with Gasteiger partial charge in [-0.05, 0) is 42.9 Å². The summed E-state index contributed by atoms with van der Waals surface area (Å²) in [5, 5.41) is 1.44. The number of fused-ring (bicyclic) bond motifs is 1. The van der Waals surface area contributed by atoms with Crippen molar-refractivity contribution >= 4 is 22.8 Å². The van der Waals surface area contributed by atoms with E-state index in [2.05, 4.69) is 37.9 Å². The van der Waals surface area contributed by atoms with Gasteiger partial charge in [0, 0.05) is 28.9 Å². The van der Waals surface area contributed by atoms with Crippen LogP contribution in [0, 0.1) is 6.92 Å². The molecule has 6 nitrogen and oxygen atoms in total. The van der Waals surface area contributed by atoms with Gasteiger partial charge in [-0.3, -0.25) is 9.78 Å². The maximum atomic E-state index is 12.8.